The minimum absolute atomic E-state index is 0.137. The van der Waals surface area contributed by atoms with Gasteiger partial charge in [0.1, 0.15) is 5.82 Å². The van der Waals surface area contributed by atoms with Crippen LogP contribution < -0.4 is 14.6 Å². The first kappa shape index (κ1) is 24.9. The maximum absolute atomic E-state index is 12.6. The van der Waals surface area contributed by atoms with E-state index in [1.165, 1.54) is 56.4 Å². The van der Waals surface area contributed by atoms with E-state index in [1.807, 2.05) is 6.07 Å². The largest absolute Gasteiger partial charge is 0.322 e. The molecule has 0 atom stereocenters. The minimum Gasteiger partial charge on any atom is -0.322 e. The van der Waals surface area contributed by atoms with Crippen LogP contribution in [0, 0.1) is 5.82 Å². The molecule has 3 aromatic carbocycles. The normalized spacial score (nSPS) is 10.5. The van der Waals surface area contributed by atoms with Gasteiger partial charge in [0.25, 0.3) is 5.91 Å². The number of halogens is 1. The monoisotopic (exact) mass is 504 g/mol. The molecule has 0 bridgehead atoms. The molecule has 0 heterocycles. The van der Waals surface area contributed by atoms with Crippen LogP contribution in [0.2, 0.25) is 0 Å². The molecule has 0 aliphatic carbocycles. The summed E-state index contributed by atoms with van der Waals surface area (Å²) >= 11 is -5.17. The van der Waals surface area contributed by atoms with Crippen LogP contribution in [-0.4, -0.2) is 46.3 Å². The Labute approximate surface area is 186 Å². The number of carbonyl (C=O) groups excluding carboxylic acids is 2. The van der Waals surface area contributed by atoms with Crippen molar-refractivity contribution in [1.29, 1.82) is 0 Å². The molecule has 168 valence electrons. The zero-order chi connectivity index (χ0) is 23.9. The Morgan fingerprint density at radius 2 is 1.53 bits per heavy atom. The maximum atomic E-state index is 12.6. The number of phenols is 1. The predicted octanol–water partition coefficient (Wildman–Crippen LogP) is 2.01. The summed E-state index contributed by atoms with van der Waals surface area (Å²) in [6, 6.07) is 18.3. The predicted molar refractivity (Wildman–Crippen MR) is 118 cm³/mol. The standard InChI is InChI=1S/C13H10FNO.C9H12AsNO5/c14-11-6-8-12(9-7-11)15-13(16)10-4-2-1-3-5-10;1-6(12)11(2)9-7(10(14,15)16)4-3-5-8(9)13/h1-9H,(H,15,16);3-5,13H,1-2H3,(H2,14,15,16). The molecular formula is C22H22AsFN2O6. The zero-order valence-electron chi connectivity index (χ0n) is 17.3. The average Bonchev–Trinajstić information content (AvgIpc) is 2.75. The second kappa shape index (κ2) is 10.8. The van der Waals surface area contributed by atoms with Crippen molar-refractivity contribution in [3.05, 3.63) is 84.2 Å². The van der Waals surface area contributed by atoms with Crippen molar-refractivity contribution in [2.45, 2.75) is 6.92 Å². The third kappa shape index (κ3) is 6.81. The summed E-state index contributed by atoms with van der Waals surface area (Å²) in [5.41, 5.74) is 1.02. The van der Waals surface area contributed by atoms with Gasteiger partial charge in [0.15, 0.2) is 0 Å². The van der Waals surface area contributed by atoms with Gasteiger partial charge in [-0.1, -0.05) is 18.2 Å². The molecule has 4 N–H and O–H groups in total. The van der Waals surface area contributed by atoms with Gasteiger partial charge in [-0.25, -0.2) is 4.39 Å². The smallest absolute Gasteiger partial charge is 0.255 e. The van der Waals surface area contributed by atoms with Crippen LogP contribution in [-0.2, 0) is 8.53 Å². The van der Waals surface area contributed by atoms with Gasteiger partial charge in [-0.15, -0.1) is 0 Å². The van der Waals surface area contributed by atoms with Crippen LogP contribution in [0.4, 0.5) is 15.8 Å². The van der Waals surface area contributed by atoms with E-state index in [4.69, 9.17) is 8.19 Å². The third-order valence-electron chi connectivity index (χ3n) is 4.25. The number of amides is 2. The van der Waals surface area contributed by atoms with Crippen LogP contribution >= 0.6 is 0 Å². The van der Waals surface area contributed by atoms with Crippen LogP contribution in [0.15, 0.2) is 72.8 Å². The number of para-hydroxylation sites is 1. The van der Waals surface area contributed by atoms with Crippen molar-refractivity contribution in [2.24, 2.45) is 0 Å². The second-order valence-electron chi connectivity index (χ2n) is 6.59. The third-order valence-corrected chi connectivity index (χ3v) is 6.33. The van der Waals surface area contributed by atoms with E-state index in [0.717, 1.165) is 4.90 Å². The molecule has 2 amide bonds. The van der Waals surface area contributed by atoms with Crippen LogP contribution in [0.3, 0.4) is 0 Å². The number of aromatic hydroxyl groups is 1. The Hall–Kier alpha value is -3.39. The number of hydrogen-bond donors (Lipinski definition) is 4. The number of hydrogen-bond acceptors (Lipinski definition) is 4. The van der Waals surface area contributed by atoms with E-state index >= 15 is 0 Å². The molecular weight excluding hydrogens is 482 g/mol. The van der Waals surface area contributed by atoms with Gasteiger partial charge in [-0.3, -0.25) is 4.79 Å². The molecule has 0 aliphatic heterocycles. The molecule has 0 radical (unpaired) electrons. The Morgan fingerprint density at radius 1 is 0.938 bits per heavy atom. The molecule has 0 saturated carbocycles. The van der Waals surface area contributed by atoms with Gasteiger partial charge in [-0.05, 0) is 36.4 Å². The Bertz CT molecular complexity index is 1130. The van der Waals surface area contributed by atoms with Crippen LogP contribution in [0.25, 0.3) is 0 Å². The zero-order valence-corrected chi connectivity index (χ0v) is 19.1. The summed E-state index contributed by atoms with van der Waals surface area (Å²) in [4.78, 5) is 23.8. The molecule has 10 heteroatoms. The summed E-state index contributed by atoms with van der Waals surface area (Å²) in [6.45, 7) is 1.24. The number of phenolic OH excluding ortho intramolecular Hbond substituents is 1. The summed E-state index contributed by atoms with van der Waals surface area (Å²) in [5.74, 6) is -1.28. The van der Waals surface area contributed by atoms with E-state index in [-0.39, 0.29) is 27.5 Å². The topological polar surface area (TPSA) is 127 Å². The Morgan fingerprint density at radius 3 is 2.06 bits per heavy atom. The Kier molecular flexibility index (Phi) is 8.37. The molecule has 0 aliphatic rings. The fourth-order valence-corrected chi connectivity index (χ4v) is 4.30. The number of rotatable bonds is 4. The van der Waals surface area contributed by atoms with Gasteiger partial charge in [0, 0.05) is 11.3 Å². The SMILES string of the molecule is CC(=O)N(C)c1c(O)cccc1[As](=O)(O)O.O=C(Nc1ccc(F)cc1)c1ccccc1. The van der Waals surface area contributed by atoms with Crippen molar-refractivity contribution in [3.8, 4) is 5.75 Å². The Balaban J connectivity index is 0.000000227. The summed E-state index contributed by atoms with van der Waals surface area (Å²) in [7, 11) is 1.34. The van der Waals surface area contributed by atoms with Crippen LogP contribution in [0.5, 0.6) is 5.75 Å². The van der Waals surface area contributed by atoms with Gasteiger partial charge in [-0.2, -0.15) is 0 Å². The van der Waals surface area contributed by atoms with Crippen LogP contribution in [0.1, 0.15) is 17.3 Å². The summed E-state index contributed by atoms with van der Waals surface area (Å²) in [6.07, 6.45) is 0. The molecule has 0 fully saturated rings. The second-order valence-corrected chi connectivity index (χ2v) is 9.89. The fraction of sp³-hybridized carbons (Fsp3) is 0.0909. The summed E-state index contributed by atoms with van der Waals surface area (Å²) in [5, 5.41) is 12.2. The molecule has 3 rings (SSSR count). The molecule has 8 nitrogen and oxygen atoms in total. The van der Waals surface area contributed by atoms with Crippen molar-refractivity contribution >= 4 is 41.7 Å². The number of benzene rings is 3. The number of nitrogens with one attached hydrogen (secondary N) is 1. The van der Waals surface area contributed by atoms with Gasteiger partial charge in [0.05, 0.1) is 0 Å². The molecule has 3 aromatic rings. The van der Waals surface area contributed by atoms with E-state index in [9.17, 15) is 22.8 Å². The fourth-order valence-electron chi connectivity index (χ4n) is 2.58. The van der Waals surface area contributed by atoms with Gasteiger partial charge in [0.2, 0.25) is 0 Å². The molecule has 0 unspecified atom stereocenters. The van der Waals surface area contributed by atoms with E-state index in [2.05, 4.69) is 5.32 Å². The van der Waals surface area contributed by atoms with Gasteiger partial charge < -0.3 is 5.32 Å². The maximum Gasteiger partial charge on any atom is 0.255 e. The number of anilines is 2. The number of nitrogens with zero attached hydrogens (tertiary/aromatic N) is 1. The van der Waals surface area contributed by atoms with Gasteiger partial charge >= 0.3 is 94.8 Å². The molecule has 0 aromatic heterocycles. The quantitative estimate of drug-likeness (QED) is 0.403. The van der Waals surface area contributed by atoms with Crippen molar-refractivity contribution in [1.82, 2.24) is 0 Å². The minimum atomic E-state index is -5.17. The van der Waals surface area contributed by atoms with E-state index in [0.29, 0.717) is 11.3 Å². The molecule has 0 spiro atoms. The van der Waals surface area contributed by atoms with Crippen molar-refractivity contribution in [2.75, 3.05) is 17.3 Å². The number of carbonyl (C=O) groups is 2. The first-order valence-electron chi connectivity index (χ1n) is 9.25. The van der Waals surface area contributed by atoms with Crippen molar-refractivity contribution < 1.29 is 31.0 Å². The van der Waals surface area contributed by atoms with Crippen molar-refractivity contribution in [3.63, 3.8) is 0 Å². The first-order chi connectivity index (χ1) is 15.0. The average molecular weight is 504 g/mol. The molecule has 0 saturated heterocycles. The van der Waals surface area contributed by atoms with E-state index < -0.39 is 20.1 Å². The first-order valence-corrected chi connectivity index (χ1v) is 12.6. The molecule has 32 heavy (non-hydrogen) atoms. The summed E-state index contributed by atoms with van der Waals surface area (Å²) < 4.78 is 41.9. The van der Waals surface area contributed by atoms with E-state index in [1.54, 1.807) is 24.3 Å².